The van der Waals surface area contributed by atoms with Crippen LogP contribution in [0.1, 0.15) is 19.4 Å². The quantitative estimate of drug-likeness (QED) is 0.813. The van der Waals surface area contributed by atoms with Crippen LogP contribution in [0.15, 0.2) is 18.3 Å². The van der Waals surface area contributed by atoms with Crippen molar-refractivity contribution in [2.45, 2.75) is 26.5 Å². The zero-order valence-corrected chi connectivity index (χ0v) is 13.6. The summed E-state index contributed by atoms with van der Waals surface area (Å²) in [5.74, 6) is 0.987. The number of hydrogen-bond donors (Lipinski definition) is 2. The van der Waals surface area contributed by atoms with Crippen LogP contribution in [0.2, 0.25) is 0 Å². The summed E-state index contributed by atoms with van der Waals surface area (Å²) in [6, 6.07) is 4.03. The van der Waals surface area contributed by atoms with Crippen LogP contribution < -0.4 is 15.5 Å². The summed E-state index contributed by atoms with van der Waals surface area (Å²) in [5.41, 5.74) is 1.01. The lowest BCUT2D eigenvalue weighted by Crippen LogP contribution is -2.41. The summed E-state index contributed by atoms with van der Waals surface area (Å²) >= 11 is 0. The highest BCUT2D eigenvalue weighted by Gasteiger charge is 2.17. The molecule has 2 unspecified atom stereocenters. The van der Waals surface area contributed by atoms with Crippen LogP contribution in [0.3, 0.4) is 0 Å². The second-order valence-corrected chi connectivity index (χ2v) is 5.83. The van der Waals surface area contributed by atoms with E-state index in [0.29, 0.717) is 13.1 Å². The molecule has 1 amide bonds. The Hall–Kier alpha value is -1.66. The predicted octanol–water partition coefficient (Wildman–Crippen LogP) is 0.778. The van der Waals surface area contributed by atoms with Gasteiger partial charge in [0.25, 0.3) is 0 Å². The molecule has 0 bridgehead atoms. The minimum atomic E-state index is -0.0351. The number of nitrogens with one attached hydrogen (secondary N) is 2. The predicted molar refractivity (Wildman–Crippen MR) is 86.8 cm³/mol. The molecule has 1 aliphatic heterocycles. The largest absolute Gasteiger partial charge is 0.375 e. The maximum atomic E-state index is 11.9. The van der Waals surface area contributed by atoms with Crippen molar-refractivity contribution in [2.24, 2.45) is 5.92 Å². The number of anilines is 1. The third-order valence-electron chi connectivity index (χ3n) is 3.80. The van der Waals surface area contributed by atoms with Gasteiger partial charge in [-0.15, -0.1) is 0 Å². The van der Waals surface area contributed by atoms with Crippen molar-refractivity contribution in [3.63, 3.8) is 0 Å². The van der Waals surface area contributed by atoms with Crippen molar-refractivity contribution in [3.05, 3.63) is 23.9 Å². The Morgan fingerprint density at radius 2 is 2.36 bits per heavy atom. The average molecular weight is 306 g/mol. The molecule has 1 fully saturated rings. The van der Waals surface area contributed by atoms with Crippen LogP contribution in [0, 0.1) is 5.92 Å². The molecule has 0 aliphatic carbocycles. The second kappa shape index (κ2) is 8.10. The lowest BCUT2D eigenvalue weighted by Gasteiger charge is -2.32. The van der Waals surface area contributed by atoms with Crippen LogP contribution >= 0.6 is 0 Å². The number of nitrogens with zero attached hydrogens (tertiary/aromatic N) is 2. The lowest BCUT2D eigenvalue weighted by atomic mass is 10.1. The zero-order valence-electron chi connectivity index (χ0n) is 13.6. The molecule has 1 aromatic rings. The molecule has 0 aromatic carbocycles. The molecule has 0 spiro atoms. The Labute approximate surface area is 132 Å². The van der Waals surface area contributed by atoms with Gasteiger partial charge in [-0.05, 0) is 25.6 Å². The number of aromatic nitrogens is 1. The zero-order chi connectivity index (χ0) is 15.9. The fourth-order valence-corrected chi connectivity index (χ4v) is 2.50. The minimum Gasteiger partial charge on any atom is -0.375 e. The van der Waals surface area contributed by atoms with E-state index >= 15 is 0 Å². The van der Waals surface area contributed by atoms with Gasteiger partial charge in [-0.3, -0.25) is 4.79 Å². The van der Waals surface area contributed by atoms with Crippen LogP contribution in [-0.4, -0.2) is 50.3 Å². The molecular weight excluding hydrogens is 280 g/mol. The van der Waals surface area contributed by atoms with Crippen LogP contribution in [0.4, 0.5) is 5.82 Å². The highest BCUT2D eigenvalue weighted by atomic mass is 16.5. The van der Waals surface area contributed by atoms with Gasteiger partial charge in [0, 0.05) is 38.3 Å². The standard InChI is InChI=1S/C16H26N4O2/c1-12(8-17-3)16(21)19-10-14-4-5-15(18-9-14)20-6-7-22-13(2)11-20/h4-5,9,12-13,17H,6-8,10-11H2,1-3H3,(H,19,21). The Morgan fingerprint density at radius 1 is 1.55 bits per heavy atom. The molecule has 1 saturated heterocycles. The number of carbonyl (C=O) groups excluding carboxylic acids is 1. The molecule has 2 rings (SSSR count). The lowest BCUT2D eigenvalue weighted by molar-refractivity contribution is -0.124. The number of pyridine rings is 1. The topological polar surface area (TPSA) is 66.5 Å². The van der Waals surface area contributed by atoms with Crippen molar-refractivity contribution < 1.29 is 9.53 Å². The van der Waals surface area contributed by atoms with Crippen LogP contribution in [0.25, 0.3) is 0 Å². The van der Waals surface area contributed by atoms with Gasteiger partial charge >= 0.3 is 0 Å². The van der Waals surface area contributed by atoms with Crippen molar-refractivity contribution in [3.8, 4) is 0 Å². The van der Waals surface area contributed by atoms with Gasteiger partial charge in [0.2, 0.25) is 5.91 Å². The molecule has 1 aromatic heterocycles. The van der Waals surface area contributed by atoms with E-state index in [-0.39, 0.29) is 17.9 Å². The summed E-state index contributed by atoms with van der Waals surface area (Å²) in [6.45, 7) is 7.65. The molecule has 22 heavy (non-hydrogen) atoms. The Kier molecular flexibility index (Phi) is 6.15. The normalized spacial score (nSPS) is 19.8. The van der Waals surface area contributed by atoms with E-state index in [0.717, 1.165) is 31.1 Å². The molecular formula is C16H26N4O2. The van der Waals surface area contributed by atoms with Crippen molar-refractivity contribution in [1.82, 2.24) is 15.6 Å². The maximum Gasteiger partial charge on any atom is 0.224 e. The number of rotatable bonds is 6. The van der Waals surface area contributed by atoms with Crippen LogP contribution in [0.5, 0.6) is 0 Å². The van der Waals surface area contributed by atoms with E-state index in [2.05, 4.69) is 27.4 Å². The first kappa shape index (κ1) is 16.7. The smallest absolute Gasteiger partial charge is 0.224 e. The molecule has 0 radical (unpaired) electrons. The maximum absolute atomic E-state index is 11.9. The number of morpholine rings is 1. The van der Waals surface area contributed by atoms with E-state index in [1.165, 1.54) is 0 Å². The Bertz CT molecular complexity index is 478. The summed E-state index contributed by atoms with van der Waals surface area (Å²) in [4.78, 5) is 18.6. The summed E-state index contributed by atoms with van der Waals surface area (Å²) in [6.07, 6.45) is 2.07. The molecule has 6 heteroatoms. The summed E-state index contributed by atoms with van der Waals surface area (Å²) in [7, 11) is 1.85. The molecule has 1 aliphatic rings. The second-order valence-electron chi connectivity index (χ2n) is 5.83. The number of hydrogen-bond acceptors (Lipinski definition) is 5. The first-order chi connectivity index (χ1) is 10.6. The Morgan fingerprint density at radius 3 is 3.00 bits per heavy atom. The van der Waals surface area contributed by atoms with E-state index < -0.39 is 0 Å². The number of carbonyl (C=O) groups is 1. The van der Waals surface area contributed by atoms with Gasteiger partial charge in [-0.2, -0.15) is 0 Å². The van der Waals surface area contributed by atoms with Crippen molar-refractivity contribution >= 4 is 11.7 Å². The van der Waals surface area contributed by atoms with Gasteiger partial charge in [0.15, 0.2) is 0 Å². The first-order valence-electron chi connectivity index (χ1n) is 7.84. The fourth-order valence-electron chi connectivity index (χ4n) is 2.50. The minimum absolute atomic E-state index is 0.0351. The molecule has 2 N–H and O–H groups in total. The molecule has 0 saturated carbocycles. The highest BCUT2D eigenvalue weighted by Crippen LogP contribution is 2.15. The van der Waals surface area contributed by atoms with Gasteiger partial charge in [0.1, 0.15) is 5.82 Å². The van der Waals surface area contributed by atoms with E-state index in [1.54, 1.807) is 0 Å². The van der Waals surface area contributed by atoms with E-state index in [4.69, 9.17) is 4.74 Å². The first-order valence-corrected chi connectivity index (χ1v) is 7.84. The van der Waals surface area contributed by atoms with Crippen molar-refractivity contribution in [1.29, 1.82) is 0 Å². The SMILES string of the molecule is CNCC(C)C(=O)NCc1ccc(N2CCOC(C)C2)nc1. The summed E-state index contributed by atoms with van der Waals surface area (Å²) < 4.78 is 5.54. The van der Waals surface area contributed by atoms with Gasteiger partial charge in [-0.1, -0.05) is 13.0 Å². The molecule has 122 valence electrons. The monoisotopic (exact) mass is 306 g/mol. The van der Waals surface area contributed by atoms with Gasteiger partial charge < -0.3 is 20.3 Å². The van der Waals surface area contributed by atoms with E-state index in [9.17, 15) is 4.79 Å². The summed E-state index contributed by atoms with van der Waals surface area (Å²) in [5, 5.41) is 5.94. The highest BCUT2D eigenvalue weighted by molar-refractivity contribution is 5.78. The molecule has 6 nitrogen and oxygen atoms in total. The van der Waals surface area contributed by atoms with Crippen molar-refractivity contribution in [2.75, 3.05) is 38.2 Å². The third-order valence-corrected chi connectivity index (χ3v) is 3.80. The average Bonchev–Trinajstić information content (AvgIpc) is 2.53. The molecule has 2 heterocycles. The van der Waals surface area contributed by atoms with Gasteiger partial charge in [-0.25, -0.2) is 4.98 Å². The van der Waals surface area contributed by atoms with Crippen LogP contribution in [-0.2, 0) is 16.1 Å². The fraction of sp³-hybridized carbons (Fsp3) is 0.625. The Balaban J connectivity index is 1.85. The van der Waals surface area contributed by atoms with Gasteiger partial charge in [0.05, 0.1) is 12.7 Å². The molecule has 2 atom stereocenters. The number of ether oxygens (including phenoxy) is 1. The third kappa shape index (κ3) is 4.68. The van der Waals surface area contributed by atoms with E-state index in [1.807, 2.05) is 32.3 Å². The number of amides is 1.